The van der Waals surface area contributed by atoms with E-state index in [0.717, 1.165) is 30.9 Å². The second-order valence-electron chi connectivity index (χ2n) is 7.08. The molecule has 1 aromatic heterocycles. The molecule has 6 nitrogen and oxygen atoms in total. The van der Waals surface area contributed by atoms with Gasteiger partial charge in [-0.1, -0.05) is 0 Å². The van der Waals surface area contributed by atoms with Crippen LogP contribution in [0.15, 0.2) is 18.2 Å². The number of hydrogen-bond donors (Lipinski definition) is 2. The second-order valence-corrected chi connectivity index (χ2v) is 7.08. The van der Waals surface area contributed by atoms with E-state index in [-0.39, 0.29) is 17.8 Å². The summed E-state index contributed by atoms with van der Waals surface area (Å²) in [5, 5.41) is 2.95. The zero-order valence-corrected chi connectivity index (χ0v) is 15.4. The Morgan fingerprint density at radius 2 is 2.35 bits per heavy atom. The maximum atomic E-state index is 13.2. The van der Waals surface area contributed by atoms with Crippen molar-refractivity contribution in [2.24, 2.45) is 0 Å². The summed E-state index contributed by atoms with van der Waals surface area (Å²) in [6.07, 6.45) is 1.85. The first-order chi connectivity index (χ1) is 12.5. The van der Waals surface area contributed by atoms with E-state index in [1.165, 1.54) is 12.1 Å². The molecule has 1 atom stereocenters. The molecule has 1 amide bonds. The fourth-order valence-corrected chi connectivity index (χ4v) is 3.25. The SMILES string of the molecule is CC(C)N1CCOC(CC(=O)NCCCc2nc3ccc(F)cc3[nH]2)C1. The molecule has 2 heterocycles. The van der Waals surface area contributed by atoms with Crippen molar-refractivity contribution in [1.82, 2.24) is 20.2 Å². The number of fused-ring (bicyclic) bond motifs is 1. The van der Waals surface area contributed by atoms with Crippen molar-refractivity contribution in [3.8, 4) is 0 Å². The van der Waals surface area contributed by atoms with E-state index in [1.807, 2.05) is 0 Å². The van der Waals surface area contributed by atoms with Gasteiger partial charge in [-0.25, -0.2) is 9.37 Å². The largest absolute Gasteiger partial charge is 0.375 e. The lowest BCUT2D eigenvalue weighted by atomic mass is 10.1. The van der Waals surface area contributed by atoms with Crippen LogP contribution in [-0.2, 0) is 16.0 Å². The smallest absolute Gasteiger partial charge is 0.222 e. The minimum absolute atomic E-state index is 0.0206. The average Bonchev–Trinajstić information content (AvgIpc) is 3.00. The maximum Gasteiger partial charge on any atom is 0.222 e. The van der Waals surface area contributed by atoms with Crippen LogP contribution in [0.1, 0.15) is 32.5 Å². The molecule has 142 valence electrons. The third-order valence-electron chi connectivity index (χ3n) is 4.72. The Morgan fingerprint density at radius 3 is 3.15 bits per heavy atom. The first-order valence-corrected chi connectivity index (χ1v) is 9.28. The number of hydrogen-bond acceptors (Lipinski definition) is 4. The molecule has 26 heavy (non-hydrogen) atoms. The van der Waals surface area contributed by atoms with E-state index in [2.05, 4.69) is 34.0 Å². The first-order valence-electron chi connectivity index (χ1n) is 9.28. The van der Waals surface area contributed by atoms with Gasteiger partial charge in [-0.15, -0.1) is 0 Å². The van der Waals surface area contributed by atoms with Gasteiger partial charge in [0, 0.05) is 32.1 Å². The number of rotatable bonds is 7. The number of nitrogens with zero attached hydrogens (tertiary/aromatic N) is 2. The van der Waals surface area contributed by atoms with E-state index in [4.69, 9.17) is 4.74 Å². The number of benzene rings is 1. The minimum atomic E-state index is -0.277. The predicted molar refractivity (Wildman–Crippen MR) is 98.4 cm³/mol. The number of aromatic nitrogens is 2. The van der Waals surface area contributed by atoms with Gasteiger partial charge in [0.1, 0.15) is 11.6 Å². The number of H-pyrrole nitrogens is 1. The Hall–Kier alpha value is -1.99. The molecule has 2 aromatic rings. The molecule has 1 aromatic carbocycles. The average molecular weight is 362 g/mol. The molecule has 1 aliphatic rings. The first kappa shape index (κ1) is 18.8. The number of morpholine rings is 1. The molecular weight excluding hydrogens is 335 g/mol. The Balaban J connectivity index is 1.38. The van der Waals surface area contributed by atoms with Gasteiger partial charge in [0.2, 0.25) is 5.91 Å². The van der Waals surface area contributed by atoms with Gasteiger partial charge in [-0.05, 0) is 38.5 Å². The van der Waals surface area contributed by atoms with Crippen LogP contribution in [0.3, 0.4) is 0 Å². The molecule has 0 saturated carbocycles. The van der Waals surface area contributed by atoms with Crippen LogP contribution < -0.4 is 5.32 Å². The summed E-state index contributed by atoms with van der Waals surface area (Å²) in [6, 6.07) is 4.98. The lowest BCUT2D eigenvalue weighted by Crippen LogP contribution is -2.47. The predicted octanol–water partition coefficient (Wildman–Crippen LogP) is 2.25. The van der Waals surface area contributed by atoms with Crippen LogP contribution in [0.4, 0.5) is 4.39 Å². The van der Waals surface area contributed by atoms with E-state index in [9.17, 15) is 9.18 Å². The minimum Gasteiger partial charge on any atom is -0.375 e. The molecule has 0 bridgehead atoms. The topological polar surface area (TPSA) is 70.2 Å². The van der Waals surface area contributed by atoms with Crippen LogP contribution >= 0.6 is 0 Å². The zero-order chi connectivity index (χ0) is 18.5. The molecule has 1 aliphatic heterocycles. The summed E-state index contributed by atoms with van der Waals surface area (Å²) in [4.78, 5) is 22.0. The lowest BCUT2D eigenvalue weighted by molar-refractivity contribution is -0.126. The summed E-state index contributed by atoms with van der Waals surface area (Å²) in [7, 11) is 0. The lowest BCUT2D eigenvalue weighted by Gasteiger charge is -2.35. The van der Waals surface area contributed by atoms with E-state index < -0.39 is 0 Å². The van der Waals surface area contributed by atoms with Crippen LogP contribution in [0.2, 0.25) is 0 Å². The molecule has 2 N–H and O–H groups in total. The van der Waals surface area contributed by atoms with Crippen LogP contribution in [0.5, 0.6) is 0 Å². The number of nitrogens with one attached hydrogen (secondary N) is 2. The molecule has 7 heteroatoms. The third kappa shape index (κ3) is 5.02. The molecule has 1 unspecified atom stereocenters. The van der Waals surface area contributed by atoms with Gasteiger partial charge < -0.3 is 15.0 Å². The quantitative estimate of drug-likeness (QED) is 0.741. The number of halogens is 1. The van der Waals surface area contributed by atoms with Crippen molar-refractivity contribution in [1.29, 1.82) is 0 Å². The number of amides is 1. The van der Waals surface area contributed by atoms with Crippen LogP contribution in [0, 0.1) is 5.82 Å². The van der Waals surface area contributed by atoms with Crippen molar-refractivity contribution in [2.75, 3.05) is 26.2 Å². The highest BCUT2D eigenvalue weighted by Gasteiger charge is 2.24. The normalized spacial score (nSPS) is 18.5. The summed E-state index contributed by atoms with van der Waals surface area (Å²) in [5.41, 5.74) is 1.46. The van der Waals surface area contributed by atoms with E-state index >= 15 is 0 Å². The Bertz CT molecular complexity index is 746. The van der Waals surface area contributed by atoms with Gasteiger partial charge in [-0.3, -0.25) is 9.69 Å². The Morgan fingerprint density at radius 1 is 1.50 bits per heavy atom. The summed E-state index contributed by atoms with van der Waals surface area (Å²) in [5.74, 6) is 0.552. The molecule has 0 aliphatic carbocycles. The van der Waals surface area contributed by atoms with Crippen molar-refractivity contribution < 1.29 is 13.9 Å². The third-order valence-corrected chi connectivity index (χ3v) is 4.72. The molecular formula is C19H27FN4O2. The molecule has 0 spiro atoms. The van der Waals surface area contributed by atoms with E-state index in [1.54, 1.807) is 6.07 Å². The maximum absolute atomic E-state index is 13.2. The molecule has 3 rings (SSSR count). The van der Waals surface area contributed by atoms with Crippen molar-refractivity contribution >= 4 is 16.9 Å². The monoisotopic (exact) mass is 362 g/mol. The Kier molecular flexibility index (Phi) is 6.21. The summed E-state index contributed by atoms with van der Waals surface area (Å²) < 4.78 is 18.9. The van der Waals surface area contributed by atoms with Gasteiger partial charge in [-0.2, -0.15) is 0 Å². The summed E-state index contributed by atoms with van der Waals surface area (Å²) >= 11 is 0. The number of aryl methyl sites for hydroxylation is 1. The summed E-state index contributed by atoms with van der Waals surface area (Å²) in [6.45, 7) is 7.33. The fraction of sp³-hybridized carbons (Fsp3) is 0.579. The number of imidazole rings is 1. The van der Waals surface area contributed by atoms with Gasteiger partial charge in [0.15, 0.2) is 0 Å². The van der Waals surface area contributed by atoms with Crippen LogP contribution in [0.25, 0.3) is 11.0 Å². The highest BCUT2D eigenvalue weighted by molar-refractivity contribution is 5.76. The second kappa shape index (κ2) is 8.60. The Labute approximate surface area is 153 Å². The van der Waals surface area contributed by atoms with Gasteiger partial charge in [0.25, 0.3) is 0 Å². The fourth-order valence-electron chi connectivity index (χ4n) is 3.25. The number of carbonyl (C=O) groups excluding carboxylic acids is 1. The number of ether oxygens (including phenoxy) is 1. The van der Waals surface area contributed by atoms with Gasteiger partial charge >= 0.3 is 0 Å². The van der Waals surface area contributed by atoms with Crippen molar-refractivity contribution in [2.45, 2.75) is 45.3 Å². The van der Waals surface area contributed by atoms with Crippen molar-refractivity contribution in [3.05, 3.63) is 29.8 Å². The molecule has 1 saturated heterocycles. The van der Waals surface area contributed by atoms with Gasteiger partial charge in [0.05, 0.1) is 30.2 Å². The zero-order valence-electron chi connectivity index (χ0n) is 15.4. The van der Waals surface area contributed by atoms with E-state index in [0.29, 0.717) is 37.6 Å². The van der Waals surface area contributed by atoms with Crippen molar-refractivity contribution in [3.63, 3.8) is 0 Å². The molecule has 0 radical (unpaired) electrons. The standard InChI is InChI=1S/C19H27FN4O2/c1-13(2)24-8-9-26-15(12-24)11-19(25)21-7-3-4-18-22-16-6-5-14(20)10-17(16)23-18/h5-6,10,13,15H,3-4,7-9,11-12H2,1-2H3,(H,21,25)(H,22,23). The number of carbonyl (C=O) groups is 1. The molecule has 1 fully saturated rings. The number of aromatic amines is 1. The highest BCUT2D eigenvalue weighted by atomic mass is 19.1. The highest BCUT2D eigenvalue weighted by Crippen LogP contribution is 2.14. The van der Waals surface area contributed by atoms with Crippen LogP contribution in [-0.4, -0.2) is 59.2 Å².